The Morgan fingerprint density at radius 3 is 2.90 bits per heavy atom. The van der Waals surface area contributed by atoms with Gasteiger partial charge < -0.3 is 20.7 Å². The van der Waals surface area contributed by atoms with Gasteiger partial charge in [-0.25, -0.2) is 4.79 Å². The Labute approximate surface area is 126 Å². The Morgan fingerprint density at radius 1 is 1.52 bits per heavy atom. The number of nitrogens with one attached hydrogen (secondary N) is 1. The molecule has 0 aromatic heterocycles. The van der Waals surface area contributed by atoms with Crippen molar-refractivity contribution < 1.29 is 9.53 Å². The van der Waals surface area contributed by atoms with Crippen LogP contribution in [0.2, 0.25) is 0 Å². The van der Waals surface area contributed by atoms with Crippen molar-refractivity contribution in [2.24, 2.45) is 5.92 Å². The van der Waals surface area contributed by atoms with Crippen LogP contribution in [-0.2, 0) is 4.74 Å². The van der Waals surface area contributed by atoms with Gasteiger partial charge in [-0.2, -0.15) is 0 Å². The molecular weight excluding hydrogens is 266 g/mol. The van der Waals surface area contributed by atoms with Crippen LogP contribution in [0.4, 0.5) is 11.4 Å². The largest absolute Gasteiger partial charge is 0.462 e. The van der Waals surface area contributed by atoms with E-state index in [0.717, 1.165) is 25.2 Å². The summed E-state index contributed by atoms with van der Waals surface area (Å²) in [5, 5.41) is 3.51. The van der Waals surface area contributed by atoms with Crippen molar-refractivity contribution in [3.05, 3.63) is 23.8 Å². The normalized spacial score (nSPS) is 22.8. The average molecular weight is 291 g/mol. The van der Waals surface area contributed by atoms with E-state index in [2.05, 4.69) is 24.2 Å². The van der Waals surface area contributed by atoms with E-state index in [0.29, 0.717) is 29.8 Å². The number of esters is 1. The first-order valence-corrected chi connectivity index (χ1v) is 7.53. The number of piperidine rings is 1. The molecule has 2 unspecified atom stereocenters. The molecule has 5 heteroatoms. The first-order chi connectivity index (χ1) is 10.0. The van der Waals surface area contributed by atoms with Crippen molar-refractivity contribution in [2.45, 2.75) is 26.3 Å². The van der Waals surface area contributed by atoms with Crippen LogP contribution in [-0.4, -0.2) is 43.7 Å². The number of rotatable bonds is 4. The van der Waals surface area contributed by atoms with E-state index in [1.54, 1.807) is 19.1 Å². The molecule has 0 radical (unpaired) electrons. The Balaban J connectivity index is 2.06. The van der Waals surface area contributed by atoms with Crippen molar-refractivity contribution in [1.82, 2.24) is 4.90 Å². The van der Waals surface area contributed by atoms with E-state index in [-0.39, 0.29) is 5.97 Å². The van der Waals surface area contributed by atoms with Crippen molar-refractivity contribution in [3.63, 3.8) is 0 Å². The van der Waals surface area contributed by atoms with Crippen LogP contribution in [0.3, 0.4) is 0 Å². The maximum atomic E-state index is 11.7. The molecule has 3 N–H and O–H groups in total. The van der Waals surface area contributed by atoms with Gasteiger partial charge in [0.1, 0.15) is 0 Å². The van der Waals surface area contributed by atoms with Gasteiger partial charge in [0.05, 0.1) is 23.5 Å². The molecule has 1 heterocycles. The molecule has 5 nitrogen and oxygen atoms in total. The molecule has 1 aliphatic rings. The second-order valence-corrected chi connectivity index (χ2v) is 5.80. The number of carbonyl (C=O) groups excluding carboxylic acids is 1. The van der Waals surface area contributed by atoms with Gasteiger partial charge in [0.25, 0.3) is 0 Å². The zero-order valence-corrected chi connectivity index (χ0v) is 13.1. The number of nitrogens with two attached hydrogens (primary N) is 1. The van der Waals surface area contributed by atoms with Crippen LogP contribution in [0.25, 0.3) is 0 Å². The van der Waals surface area contributed by atoms with Gasteiger partial charge in [0.2, 0.25) is 0 Å². The number of hydrogen-bond acceptors (Lipinski definition) is 5. The first kappa shape index (κ1) is 15.6. The third-order valence-corrected chi connectivity index (χ3v) is 4.01. The summed E-state index contributed by atoms with van der Waals surface area (Å²) >= 11 is 0. The predicted octanol–water partition coefficient (Wildman–Crippen LogP) is 2.20. The Hall–Kier alpha value is -1.75. The second kappa shape index (κ2) is 6.80. The third kappa shape index (κ3) is 3.88. The summed E-state index contributed by atoms with van der Waals surface area (Å²) in [7, 11) is 2.15. The molecule has 1 saturated heterocycles. The van der Waals surface area contributed by atoms with E-state index in [9.17, 15) is 4.79 Å². The molecule has 2 rings (SSSR count). The lowest BCUT2D eigenvalue weighted by Crippen LogP contribution is -2.43. The Kier molecular flexibility index (Phi) is 5.07. The average Bonchev–Trinajstić information content (AvgIpc) is 2.44. The fraction of sp³-hybridized carbons (Fsp3) is 0.562. The van der Waals surface area contributed by atoms with Gasteiger partial charge in [-0.1, -0.05) is 6.92 Å². The molecule has 0 aliphatic carbocycles. The van der Waals surface area contributed by atoms with Crippen LogP contribution in [0, 0.1) is 5.92 Å². The maximum absolute atomic E-state index is 11.7. The minimum atomic E-state index is -0.330. The van der Waals surface area contributed by atoms with Crippen LogP contribution in [0.5, 0.6) is 0 Å². The van der Waals surface area contributed by atoms with Gasteiger partial charge in [0, 0.05) is 12.6 Å². The number of likely N-dealkylation sites (tertiary alicyclic amines) is 1. The number of benzene rings is 1. The summed E-state index contributed by atoms with van der Waals surface area (Å²) in [5.41, 5.74) is 8.04. The highest BCUT2D eigenvalue weighted by atomic mass is 16.5. The molecule has 1 aromatic rings. The molecule has 0 amide bonds. The Morgan fingerprint density at radius 2 is 2.29 bits per heavy atom. The molecule has 1 fully saturated rings. The van der Waals surface area contributed by atoms with E-state index < -0.39 is 0 Å². The summed E-state index contributed by atoms with van der Waals surface area (Å²) < 4.78 is 4.98. The molecule has 0 bridgehead atoms. The summed E-state index contributed by atoms with van der Waals surface area (Å²) in [5.74, 6) is 0.233. The standard InChI is InChI=1S/C16H25N3O2/c1-4-21-16(20)12-5-6-15(13(17)9-12)18-14-7-8-19(3)10-11(14)2/h5-6,9,11,14,18H,4,7-8,10,17H2,1-3H3. The predicted molar refractivity (Wildman–Crippen MR) is 85.5 cm³/mol. The molecule has 2 atom stereocenters. The van der Waals surface area contributed by atoms with Crippen LogP contribution >= 0.6 is 0 Å². The quantitative estimate of drug-likeness (QED) is 0.657. The Bertz CT molecular complexity index is 504. The lowest BCUT2D eigenvalue weighted by atomic mass is 9.94. The van der Waals surface area contributed by atoms with Crippen LogP contribution in [0.15, 0.2) is 18.2 Å². The van der Waals surface area contributed by atoms with E-state index in [4.69, 9.17) is 10.5 Å². The number of hydrogen-bond donors (Lipinski definition) is 2. The van der Waals surface area contributed by atoms with Crippen LogP contribution in [0.1, 0.15) is 30.6 Å². The topological polar surface area (TPSA) is 67.6 Å². The first-order valence-electron chi connectivity index (χ1n) is 7.53. The molecule has 0 spiro atoms. The minimum absolute atomic E-state index is 0.330. The molecule has 1 aromatic carbocycles. The third-order valence-electron chi connectivity index (χ3n) is 4.01. The summed E-state index contributed by atoms with van der Waals surface area (Å²) in [6.45, 7) is 6.57. The SMILES string of the molecule is CCOC(=O)c1ccc(NC2CCN(C)CC2C)c(N)c1. The number of nitrogens with zero attached hydrogens (tertiary/aromatic N) is 1. The number of anilines is 2. The van der Waals surface area contributed by atoms with Gasteiger partial charge in [0.15, 0.2) is 0 Å². The zero-order valence-electron chi connectivity index (χ0n) is 13.1. The van der Waals surface area contributed by atoms with E-state index >= 15 is 0 Å². The van der Waals surface area contributed by atoms with E-state index in [1.165, 1.54) is 0 Å². The lowest BCUT2D eigenvalue weighted by molar-refractivity contribution is 0.0526. The number of ether oxygens (including phenoxy) is 1. The van der Waals surface area contributed by atoms with E-state index in [1.807, 2.05) is 6.07 Å². The molecule has 1 aliphatic heterocycles. The van der Waals surface area contributed by atoms with Gasteiger partial charge >= 0.3 is 5.97 Å². The minimum Gasteiger partial charge on any atom is -0.462 e. The highest BCUT2D eigenvalue weighted by Crippen LogP contribution is 2.25. The highest BCUT2D eigenvalue weighted by Gasteiger charge is 2.24. The maximum Gasteiger partial charge on any atom is 0.338 e. The smallest absolute Gasteiger partial charge is 0.338 e. The molecular formula is C16H25N3O2. The van der Waals surface area contributed by atoms with Gasteiger partial charge in [-0.15, -0.1) is 0 Å². The number of nitrogen functional groups attached to an aromatic ring is 1. The summed E-state index contributed by atoms with van der Waals surface area (Å²) in [6.07, 6.45) is 1.09. The summed E-state index contributed by atoms with van der Waals surface area (Å²) in [6, 6.07) is 5.72. The lowest BCUT2D eigenvalue weighted by Gasteiger charge is -2.36. The second-order valence-electron chi connectivity index (χ2n) is 5.80. The van der Waals surface area contributed by atoms with Crippen LogP contribution < -0.4 is 11.1 Å². The van der Waals surface area contributed by atoms with Crippen molar-refractivity contribution in [2.75, 3.05) is 37.8 Å². The fourth-order valence-electron chi connectivity index (χ4n) is 2.80. The van der Waals surface area contributed by atoms with Crippen molar-refractivity contribution in [1.29, 1.82) is 0 Å². The monoisotopic (exact) mass is 291 g/mol. The molecule has 0 saturated carbocycles. The van der Waals surface area contributed by atoms with Gasteiger partial charge in [-0.05, 0) is 51.1 Å². The molecule has 21 heavy (non-hydrogen) atoms. The highest BCUT2D eigenvalue weighted by molar-refractivity contribution is 5.91. The zero-order chi connectivity index (χ0) is 15.4. The fourth-order valence-corrected chi connectivity index (χ4v) is 2.80. The summed E-state index contributed by atoms with van der Waals surface area (Å²) in [4.78, 5) is 14.0. The van der Waals surface area contributed by atoms with Crippen molar-refractivity contribution >= 4 is 17.3 Å². The van der Waals surface area contributed by atoms with Gasteiger partial charge in [-0.3, -0.25) is 0 Å². The van der Waals surface area contributed by atoms with Crippen molar-refractivity contribution in [3.8, 4) is 0 Å². The molecule has 116 valence electrons. The number of carbonyl (C=O) groups is 1.